The first-order valence-electron chi connectivity index (χ1n) is 10.1. The first-order valence-corrected chi connectivity index (χ1v) is 10.1. The van der Waals surface area contributed by atoms with E-state index in [0.29, 0.717) is 5.56 Å². The highest BCUT2D eigenvalue weighted by molar-refractivity contribution is 5.94. The molecule has 0 unspecified atom stereocenters. The van der Waals surface area contributed by atoms with Crippen molar-refractivity contribution in [1.29, 1.82) is 0 Å². The Bertz CT molecular complexity index is 640. The SMILES string of the molecule is O=C(c1cccc(F)c1)N1CC[NH+](C2C3CC4CC(C3)CC2C4)CC1. The average Bonchev–Trinajstić information content (AvgIpc) is 2.61. The van der Waals surface area contributed by atoms with Crippen LogP contribution in [0.1, 0.15) is 42.5 Å². The molecule has 1 amide bonds. The van der Waals surface area contributed by atoms with Gasteiger partial charge in [-0.05, 0) is 62.1 Å². The Morgan fingerprint density at radius 2 is 1.64 bits per heavy atom. The average molecular weight is 343 g/mol. The van der Waals surface area contributed by atoms with Gasteiger partial charge in [-0.2, -0.15) is 0 Å². The zero-order valence-corrected chi connectivity index (χ0v) is 14.8. The van der Waals surface area contributed by atoms with E-state index in [1.807, 2.05) is 4.90 Å². The summed E-state index contributed by atoms with van der Waals surface area (Å²) < 4.78 is 13.4. The molecule has 25 heavy (non-hydrogen) atoms. The molecule has 4 bridgehead atoms. The third-order valence-electron chi connectivity index (χ3n) is 7.46. The van der Waals surface area contributed by atoms with E-state index >= 15 is 0 Å². The van der Waals surface area contributed by atoms with Crippen LogP contribution < -0.4 is 4.90 Å². The molecule has 4 heteroatoms. The quantitative estimate of drug-likeness (QED) is 0.873. The van der Waals surface area contributed by atoms with Crippen LogP contribution in [-0.2, 0) is 0 Å². The van der Waals surface area contributed by atoms with Gasteiger partial charge in [-0.25, -0.2) is 4.39 Å². The Morgan fingerprint density at radius 3 is 2.24 bits per heavy atom. The van der Waals surface area contributed by atoms with E-state index in [0.717, 1.165) is 55.9 Å². The van der Waals surface area contributed by atoms with Crippen LogP contribution in [0.3, 0.4) is 0 Å². The van der Waals surface area contributed by atoms with Gasteiger partial charge in [0.15, 0.2) is 0 Å². The third-order valence-corrected chi connectivity index (χ3v) is 7.46. The number of carbonyl (C=O) groups excluding carboxylic acids is 1. The fourth-order valence-corrected chi connectivity index (χ4v) is 6.73. The molecular formula is C21H28FN2O+. The van der Waals surface area contributed by atoms with Crippen molar-refractivity contribution in [1.82, 2.24) is 4.90 Å². The molecule has 0 spiro atoms. The minimum atomic E-state index is -0.330. The summed E-state index contributed by atoms with van der Waals surface area (Å²) in [5.41, 5.74) is 0.484. The van der Waals surface area contributed by atoms with Crippen molar-refractivity contribution >= 4 is 5.91 Å². The van der Waals surface area contributed by atoms with Crippen LogP contribution in [0, 0.1) is 29.5 Å². The maximum atomic E-state index is 13.4. The van der Waals surface area contributed by atoms with E-state index in [9.17, 15) is 9.18 Å². The summed E-state index contributed by atoms with van der Waals surface area (Å²) >= 11 is 0. The fraction of sp³-hybridized carbons (Fsp3) is 0.667. The smallest absolute Gasteiger partial charge is 0.254 e. The molecule has 4 saturated carbocycles. The molecule has 3 nitrogen and oxygen atoms in total. The second kappa shape index (κ2) is 6.08. The maximum Gasteiger partial charge on any atom is 0.254 e. The molecule has 1 N–H and O–H groups in total. The van der Waals surface area contributed by atoms with Crippen molar-refractivity contribution in [2.75, 3.05) is 26.2 Å². The van der Waals surface area contributed by atoms with Crippen molar-refractivity contribution < 1.29 is 14.1 Å². The van der Waals surface area contributed by atoms with Crippen LogP contribution >= 0.6 is 0 Å². The standard InChI is InChI=1S/C21H27FN2O/c22-19-3-1-2-16(13-19)21(25)24-6-4-23(5-7-24)20-17-9-14-8-15(11-17)12-18(20)10-14/h1-3,13-15,17-18,20H,4-12H2/p+1. The zero-order chi connectivity index (χ0) is 17.0. The first-order chi connectivity index (χ1) is 12.2. The third kappa shape index (κ3) is 2.79. The topological polar surface area (TPSA) is 24.8 Å². The summed E-state index contributed by atoms with van der Waals surface area (Å²) in [5, 5.41) is 0. The van der Waals surface area contributed by atoms with Crippen LogP contribution in [0.2, 0.25) is 0 Å². The number of hydrogen-bond acceptors (Lipinski definition) is 1. The van der Waals surface area contributed by atoms with E-state index in [4.69, 9.17) is 0 Å². The number of quaternary nitrogens is 1. The molecule has 0 radical (unpaired) electrons. The van der Waals surface area contributed by atoms with Crippen molar-refractivity contribution in [2.24, 2.45) is 23.7 Å². The molecule has 1 aliphatic heterocycles. The first kappa shape index (κ1) is 15.8. The molecule has 1 aromatic carbocycles. The van der Waals surface area contributed by atoms with Crippen molar-refractivity contribution in [3.8, 4) is 0 Å². The number of amides is 1. The van der Waals surface area contributed by atoms with Crippen LogP contribution in [-0.4, -0.2) is 43.0 Å². The van der Waals surface area contributed by atoms with Crippen LogP contribution in [0.25, 0.3) is 0 Å². The lowest BCUT2D eigenvalue weighted by Gasteiger charge is -2.56. The zero-order valence-electron chi connectivity index (χ0n) is 14.8. The minimum absolute atomic E-state index is 0.0105. The summed E-state index contributed by atoms with van der Waals surface area (Å²) in [7, 11) is 0. The van der Waals surface area contributed by atoms with Crippen LogP contribution in [0.15, 0.2) is 24.3 Å². The lowest BCUT2D eigenvalue weighted by atomic mass is 9.54. The van der Waals surface area contributed by atoms with E-state index < -0.39 is 0 Å². The van der Waals surface area contributed by atoms with E-state index in [2.05, 4.69) is 0 Å². The number of benzene rings is 1. The predicted octanol–water partition coefficient (Wildman–Crippen LogP) is 1.99. The highest BCUT2D eigenvalue weighted by atomic mass is 19.1. The van der Waals surface area contributed by atoms with Gasteiger partial charge in [0.1, 0.15) is 5.82 Å². The van der Waals surface area contributed by atoms with Gasteiger partial charge in [-0.3, -0.25) is 4.79 Å². The van der Waals surface area contributed by atoms with Gasteiger partial charge in [-0.1, -0.05) is 6.07 Å². The largest absolute Gasteiger partial charge is 0.329 e. The molecule has 0 atom stereocenters. The molecule has 6 rings (SSSR count). The number of nitrogens with one attached hydrogen (secondary N) is 1. The fourth-order valence-electron chi connectivity index (χ4n) is 6.73. The summed E-state index contributed by atoms with van der Waals surface area (Å²) in [4.78, 5) is 16.3. The van der Waals surface area contributed by atoms with Gasteiger partial charge in [0.25, 0.3) is 5.91 Å². The molecular weight excluding hydrogens is 315 g/mol. The van der Waals surface area contributed by atoms with E-state index in [-0.39, 0.29) is 11.7 Å². The lowest BCUT2D eigenvalue weighted by Crippen LogP contribution is -3.20. The van der Waals surface area contributed by atoms with Gasteiger partial charge >= 0.3 is 0 Å². The second-order valence-electron chi connectivity index (χ2n) is 8.92. The van der Waals surface area contributed by atoms with Crippen molar-refractivity contribution in [3.63, 3.8) is 0 Å². The van der Waals surface area contributed by atoms with Gasteiger partial charge < -0.3 is 9.80 Å². The van der Waals surface area contributed by atoms with Crippen molar-refractivity contribution in [3.05, 3.63) is 35.6 Å². The number of halogens is 1. The molecule has 0 aromatic heterocycles. The molecule has 5 fully saturated rings. The Morgan fingerprint density at radius 1 is 1.00 bits per heavy atom. The molecule has 1 aromatic rings. The Balaban J connectivity index is 1.24. The summed E-state index contributed by atoms with van der Waals surface area (Å²) in [5.74, 6) is 3.59. The highest BCUT2D eigenvalue weighted by Crippen LogP contribution is 2.53. The highest BCUT2D eigenvalue weighted by Gasteiger charge is 2.52. The van der Waals surface area contributed by atoms with E-state index in [1.165, 1.54) is 44.2 Å². The number of hydrogen-bond donors (Lipinski definition) is 1. The van der Waals surface area contributed by atoms with E-state index in [1.54, 1.807) is 17.0 Å². The van der Waals surface area contributed by atoms with Gasteiger partial charge in [0.05, 0.1) is 32.2 Å². The number of rotatable bonds is 2. The molecule has 5 aliphatic rings. The molecule has 1 saturated heterocycles. The van der Waals surface area contributed by atoms with Gasteiger partial charge in [-0.15, -0.1) is 0 Å². The molecule has 134 valence electrons. The summed E-state index contributed by atoms with van der Waals surface area (Å²) in [6.45, 7) is 3.75. The minimum Gasteiger partial charge on any atom is -0.329 e. The number of carbonyl (C=O) groups is 1. The Kier molecular flexibility index (Phi) is 3.85. The van der Waals surface area contributed by atoms with Crippen LogP contribution in [0.4, 0.5) is 4.39 Å². The maximum absolute atomic E-state index is 13.4. The van der Waals surface area contributed by atoms with Gasteiger partial charge in [0, 0.05) is 17.4 Å². The number of nitrogens with zero attached hydrogens (tertiary/aromatic N) is 1. The normalized spacial score (nSPS) is 37.5. The summed E-state index contributed by atoms with van der Waals surface area (Å²) in [6.07, 6.45) is 7.37. The molecule has 1 heterocycles. The Hall–Kier alpha value is -1.42. The van der Waals surface area contributed by atoms with Gasteiger partial charge in [0.2, 0.25) is 0 Å². The van der Waals surface area contributed by atoms with Crippen LogP contribution in [0.5, 0.6) is 0 Å². The lowest BCUT2D eigenvalue weighted by molar-refractivity contribution is -0.939. The second-order valence-corrected chi connectivity index (χ2v) is 8.92. The predicted molar refractivity (Wildman–Crippen MR) is 93.8 cm³/mol. The number of piperazine rings is 1. The monoisotopic (exact) mass is 343 g/mol. The molecule has 4 aliphatic carbocycles. The van der Waals surface area contributed by atoms with Crippen molar-refractivity contribution in [2.45, 2.75) is 38.1 Å². The summed E-state index contributed by atoms with van der Waals surface area (Å²) in [6, 6.07) is 6.95. The Labute approximate surface area is 149 Å².